The Labute approximate surface area is 45.3 Å². The van der Waals surface area contributed by atoms with E-state index < -0.39 is 0 Å². The molecule has 0 spiro atoms. The van der Waals surface area contributed by atoms with Crippen LogP contribution in [-0.2, 0) is 0 Å². The van der Waals surface area contributed by atoms with Crippen molar-refractivity contribution in [2.75, 3.05) is 0 Å². The van der Waals surface area contributed by atoms with Gasteiger partial charge in [0.25, 0.3) is 0 Å². The highest BCUT2D eigenvalue weighted by atomic mass is 16.2. The van der Waals surface area contributed by atoms with Crippen LogP contribution in [0.15, 0.2) is 0 Å². The molecule has 0 saturated carbocycles. The van der Waals surface area contributed by atoms with E-state index in [1.807, 2.05) is 6.82 Å². The van der Waals surface area contributed by atoms with Crippen molar-refractivity contribution in [1.29, 1.82) is 0 Å². The lowest BCUT2D eigenvalue weighted by molar-refractivity contribution is 0.595. The third kappa shape index (κ3) is 1.00. The van der Waals surface area contributed by atoms with Crippen LogP contribution < -0.4 is 0 Å². The van der Waals surface area contributed by atoms with Crippen molar-refractivity contribution < 1.29 is 5.02 Å². The van der Waals surface area contributed by atoms with Crippen LogP contribution in [-0.4, -0.2) is 18.4 Å². The summed E-state index contributed by atoms with van der Waals surface area (Å²) in [5.74, 6) is 0. The molecular weight excluding hydrogens is 85.7 g/mol. The van der Waals surface area contributed by atoms with Crippen molar-refractivity contribution in [3.05, 3.63) is 0 Å². The van der Waals surface area contributed by atoms with Crippen molar-refractivity contribution >= 4 is 13.4 Å². The summed E-state index contributed by atoms with van der Waals surface area (Å²) in [4.78, 5) is 0. The molecule has 1 aliphatic heterocycles. The van der Waals surface area contributed by atoms with Crippen LogP contribution in [0.25, 0.3) is 0 Å². The summed E-state index contributed by atoms with van der Waals surface area (Å²) < 4.78 is 0. The predicted octanol–water partition coefficient (Wildman–Crippen LogP) is 0.577. The van der Waals surface area contributed by atoms with Gasteiger partial charge in [-0.3, -0.25) is 0 Å². The van der Waals surface area contributed by atoms with Gasteiger partial charge in [-0.25, -0.2) is 0 Å². The molecule has 0 atom stereocenters. The molecule has 0 aliphatic carbocycles. The molecule has 0 unspecified atom stereocenters. The molecule has 1 rings (SSSR count). The minimum Gasteiger partial charge on any atom is -0.458 e. The van der Waals surface area contributed by atoms with Crippen LogP contribution in [0.5, 0.6) is 0 Å². The van der Waals surface area contributed by atoms with Gasteiger partial charge in [-0.05, 0) is 0 Å². The molecule has 0 amide bonds. The SMILES string of the molecule is CB(O)B1CCC1. The maximum atomic E-state index is 8.87. The zero-order valence-corrected chi connectivity index (χ0v) is 4.72. The minimum atomic E-state index is -0.0475. The molecule has 0 aromatic rings. The molecule has 1 nitrogen and oxygen atoms in total. The minimum absolute atomic E-state index is 0.0475. The summed E-state index contributed by atoms with van der Waals surface area (Å²) in [7, 11) is 0. The first-order chi connectivity index (χ1) is 3.30. The molecule has 3 heteroatoms. The lowest BCUT2D eigenvalue weighted by Crippen LogP contribution is -2.38. The van der Waals surface area contributed by atoms with Gasteiger partial charge >= 0.3 is 0 Å². The molecule has 0 aromatic carbocycles. The third-order valence-electron chi connectivity index (χ3n) is 1.83. The Kier molecular flexibility index (Phi) is 1.43. The second-order valence-electron chi connectivity index (χ2n) is 2.43. The van der Waals surface area contributed by atoms with Gasteiger partial charge < -0.3 is 5.02 Å². The van der Waals surface area contributed by atoms with Crippen LogP contribution in [0.3, 0.4) is 0 Å². The fourth-order valence-corrected chi connectivity index (χ4v) is 0.922. The Bertz CT molecular complexity index is 60.7. The maximum absolute atomic E-state index is 8.87. The Morgan fingerprint density at radius 2 is 2.14 bits per heavy atom. The predicted molar refractivity (Wildman–Crippen MR) is 33.8 cm³/mol. The average Bonchev–Trinajstić information content (AvgIpc) is 1.23. The smallest absolute Gasteiger partial charge is 0.247 e. The van der Waals surface area contributed by atoms with Gasteiger partial charge in [0.15, 0.2) is 0 Å². The summed E-state index contributed by atoms with van der Waals surface area (Å²) in [6.45, 7) is 2.47. The quantitative estimate of drug-likeness (QED) is 0.473. The number of rotatable bonds is 1. The second kappa shape index (κ2) is 1.91. The van der Waals surface area contributed by atoms with Crippen LogP contribution >= 0.6 is 0 Å². The zero-order chi connectivity index (χ0) is 5.28. The Morgan fingerprint density at radius 1 is 1.57 bits per heavy atom. The Morgan fingerprint density at radius 3 is 2.14 bits per heavy atom. The highest BCUT2D eigenvalue weighted by molar-refractivity contribution is 7.19. The standard InChI is InChI=1S/C4H10B2O/c1-5(7)6-3-2-4-6/h7H,2-4H2,1H3. The lowest BCUT2D eigenvalue weighted by atomic mass is 9.10. The van der Waals surface area contributed by atoms with Gasteiger partial charge in [0, 0.05) is 0 Å². The van der Waals surface area contributed by atoms with Crippen LogP contribution in [0, 0.1) is 0 Å². The van der Waals surface area contributed by atoms with Crippen molar-refractivity contribution in [2.45, 2.75) is 25.9 Å². The maximum Gasteiger partial charge on any atom is 0.247 e. The van der Waals surface area contributed by atoms with E-state index in [9.17, 15) is 0 Å². The molecule has 1 fully saturated rings. The molecule has 1 heterocycles. The first-order valence-electron chi connectivity index (χ1n) is 2.99. The van der Waals surface area contributed by atoms with Gasteiger partial charge in [0.05, 0.1) is 0 Å². The summed E-state index contributed by atoms with van der Waals surface area (Å²) in [5.41, 5.74) is 0. The molecule has 0 bridgehead atoms. The van der Waals surface area contributed by atoms with E-state index in [2.05, 4.69) is 0 Å². The van der Waals surface area contributed by atoms with Crippen molar-refractivity contribution in [2.24, 2.45) is 0 Å². The van der Waals surface area contributed by atoms with E-state index in [4.69, 9.17) is 5.02 Å². The topological polar surface area (TPSA) is 20.2 Å². The highest BCUT2D eigenvalue weighted by Crippen LogP contribution is 2.20. The molecule has 1 aliphatic rings. The highest BCUT2D eigenvalue weighted by Gasteiger charge is 2.28. The van der Waals surface area contributed by atoms with Gasteiger partial charge in [0.1, 0.15) is 6.60 Å². The first-order valence-corrected chi connectivity index (χ1v) is 2.99. The molecule has 38 valence electrons. The number of hydrogen-bond donors (Lipinski definition) is 1. The summed E-state index contributed by atoms with van der Waals surface area (Å²) in [6.07, 6.45) is 3.82. The lowest BCUT2D eigenvalue weighted by Gasteiger charge is -2.21. The molecule has 7 heavy (non-hydrogen) atoms. The molecular formula is C4H10B2O. The fraction of sp³-hybridized carbons (Fsp3) is 1.00. The molecule has 1 saturated heterocycles. The first kappa shape index (κ1) is 5.23. The van der Waals surface area contributed by atoms with Gasteiger partial charge in [-0.15, -0.1) is 0 Å². The van der Waals surface area contributed by atoms with Gasteiger partial charge in [-0.1, -0.05) is 25.9 Å². The number of hydrogen-bond acceptors (Lipinski definition) is 1. The third-order valence-corrected chi connectivity index (χ3v) is 1.83. The van der Waals surface area contributed by atoms with E-state index in [1.54, 1.807) is 0 Å². The summed E-state index contributed by atoms with van der Waals surface area (Å²) in [6, 6.07) is 0. The van der Waals surface area contributed by atoms with E-state index in [0.29, 0.717) is 6.60 Å². The normalized spacial score (nSPS) is 18.9. The molecule has 0 radical (unpaired) electrons. The van der Waals surface area contributed by atoms with E-state index in [0.717, 1.165) is 0 Å². The Balaban J connectivity index is 2.14. The van der Waals surface area contributed by atoms with Crippen molar-refractivity contribution in [1.82, 2.24) is 0 Å². The summed E-state index contributed by atoms with van der Waals surface area (Å²) >= 11 is 0. The van der Waals surface area contributed by atoms with Gasteiger partial charge in [0.2, 0.25) is 6.81 Å². The molecule has 0 aromatic heterocycles. The van der Waals surface area contributed by atoms with E-state index in [1.165, 1.54) is 19.1 Å². The average molecular weight is 95.7 g/mol. The van der Waals surface area contributed by atoms with E-state index in [-0.39, 0.29) is 6.81 Å². The zero-order valence-electron chi connectivity index (χ0n) is 4.72. The van der Waals surface area contributed by atoms with Crippen LogP contribution in [0.2, 0.25) is 19.5 Å². The van der Waals surface area contributed by atoms with Gasteiger partial charge in [-0.2, -0.15) is 0 Å². The monoisotopic (exact) mass is 96.1 g/mol. The summed E-state index contributed by atoms with van der Waals surface area (Å²) in [5, 5.41) is 8.87. The Hall–Kier alpha value is 0.0899. The van der Waals surface area contributed by atoms with Crippen LogP contribution in [0.1, 0.15) is 6.42 Å². The largest absolute Gasteiger partial charge is 0.458 e. The van der Waals surface area contributed by atoms with Crippen LogP contribution in [0.4, 0.5) is 0 Å². The van der Waals surface area contributed by atoms with E-state index >= 15 is 0 Å². The van der Waals surface area contributed by atoms with Crippen molar-refractivity contribution in [3.63, 3.8) is 0 Å². The fourth-order valence-electron chi connectivity index (χ4n) is 0.922. The molecule has 1 N–H and O–H groups in total. The second-order valence-corrected chi connectivity index (χ2v) is 2.43. The van der Waals surface area contributed by atoms with Crippen molar-refractivity contribution in [3.8, 4) is 0 Å².